The summed E-state index contributed by atoms with van der Waals surface area (Å²) in [6.45, 7) is 2.86. The minimum atomic E-state index is -4.23. The van der Waals surface area contributed by atoms with Crippen LogP contribution in [0.5, 0.6) is 5.75 Å². The first-order chi connectivity index (χ1) is 20.5. The summed E-state index contributed by atoms with van der Waals surface area (Å²) in [4.78, 5) is 29.1. The number of rotatable bonds is 11. The van der Waals surface area contributed by atoms with E-state index in [1.54, 1.807) is 61.5 Å². The van der Waals surface area contributed by atoms with E-state index in [0.29, 0.717) is 15.6 Å². The van der Waals surface area contributed by atoms with E-state index >= 15 is 0 Å². The Morgan fingerprint density at radius 1 is 1.00 bits per heavy atom. The van der Waals surface area contributed by atoms with Gasteiger partial charge in [0.25, 0.3) is 10.0 Å². The van der Waals surface area contributed by atoms with Crippen LogP contribution < -0.4 is 14.4 Å². The lowest BCUT2D eigenvalue weighted by atomic mass is 9.95. The second-order valence-electron chi connectivity index (χ2n) is 10.8. The minimum absolute atomic E-state index is 0.0155. The van der Waals surface area contributed by atoms with Gasteiger partial charge in [0.1, 0.15) is 18.3 Å². The summed E-state index contributed by atoms with van der Waals surface area (Å²) in [5, 5.41) is 3.86. The highest BCUT2D eigenvalue weighted by Crippen LogP contribution is 2.34. The molecule has 1 unspecified atom stereocenters. The van der Waals surface area contributed by atoms with Crippen molar-refractivity contribution < 1.29 is 22.7 Å². The molecule has 0 saturated heterocycles. The van der Waals surface area contributed by atoms with Gasteiger partial charge in [0, 0.05) is 22.6 Å². The van der Waals surface area contributed by atoms with Gasteiger partial charge < -0.3 is 15.0 Å². The number of nitrogens with one attached hydrogen (secondary N) is 1. The van der Waals surface area contributed by atoms with Gasteiger partial charge in [-0.25, -0.2) is 8.42 Å². The number of methoxy groups -OCH3 is 1. The summed E-state index contributed by atoms with van der Waals surface area (Å²) in [5.41, 5.74) is 1.56. The number of hydrogen-bond donors (Lipinski definition) is 1. The Kier molecular flexibility index (Phi) is 11.0. The molecule has 1 saturated carbocycles. The zero-order chi connectivity index (χ0) is 31.1. The standard InChI is InChI=1S/C32H37Cl2N3O5S/c1-22-14-17-30(42-3)29(18-22)37(43(40,41)27-12-8-5-9-13-27)21-31(38)36(20-24-15-16-25(33)19-28(24)34)23(2)32(39)35-26-10-6-4-7-11-26/h5,8-9,12-19,23,26H,4,6-7,10-11,20-21H2,1-3H3,(H,35,39). The molecule has 1 atom stereocenters. The maximum Gasteiger partial charge on any atom is 0.264 e. The van der Waals surface area contributed by atoms with Gasteiger partial charge in [0.05, 0.1) is 17.7 Å². The summed E-state index contributed by atoms with van der Waals surface area (Å²) in [6.07, 6.45) is 4.97. The number of carbonyl (C=O) groups excluding carboxylic acids is 2. The van der Waals surface area contributed by atoms with Crippen molar-refractivity contribution in [2.24, 2.45) is 0 Å². The number of halogens is 2. The highest BCUT2D eigenvalue weighted by Gasteiger charge is 2.34. The minimum Gasteiger partial charge on any atom is -0.495 e. The van der Waals surface area contributed by atoms with Crippen LogP contribution in [-0.4, -0.2) is 50.9 Å². The number of nitrogens with zero attached hydrogens (tertiary/aromatic N) is 2. The Hall–Kier alpha value is -3.27. The average molecular weight is 647 g/mol. The molecule has 8 nitrogen and oxygen atoms in total. The first kappa shape index (κ1) is 32.6. The van der Waals surface area contributed by atoms with Crippen LogP contribution in [0.2, 0.25) is 10.0 Å². The van der Waals surface area contributed by atoms with Crippen molar-refractivity contribution >= 4 is 50.7 Å². The van der Waals surface area contributed by atoms with Crippen LogP contribution in [0.1, 0.15) is 50.2 Å². The molecular formula is C32H37Cl2N3O5S. The van der Waals surface area contributed by atoms with Crippen LogP contribution in [-0.2, 0) is 26.2 Å². The summed E-state index contributed by atoms with van der Waals surface area (Å²) in [6, 6.07) is 17.0. The first-order valence-electron chi connectivity index (χ1n) is 14.3. The summed E-state index contributed by atoms with van der Waals surface area (Å²) < 4.78 is 34.7. The van der Waals surface area contributed by atoms with E-state index in [9.17, 15) is 18.0 Å². The second-order valence-corrected chi connectivity index (χ2v) is 13.5. The molecule has 1 aliphatic rings. The van der Waals surface area contributed by atoms with Crippen LogP contribution in [0.15, 0.2) is 71.6 Å². The smallest absolute Gasteiger partial charge is 0.264 e. The number of amides is 2. The maximum atomic E-state index is 14.2. The van der Waals surface area contributed by atoms with Crippen molar-refractivity contribution in [1.82, 2.24) is 10.2 Å². The number of sulfonamides is 1. The number of anilines is 1. The van der Waals surface area contributed by atoms with Gasteiger partial charge in [-0.2, -0.15) is 0 Å². The third kappa shape index (κ3) is 8.02. The highest BCUT2D eigenvalue weighted by molar-refractivity contribution is 7.92. The molecule has 3 aromatic rings. The molecule has 0 spiro atoms. The second kappa shape index (κ2) is 14.5. The largest absolute Gasteiger partial charge is 0.495 e. The lowest BCUT2D eigenvalue weighted by molar-refractivity contribution is -0.139. The predicted molar refractivity (Wildman–Crippen MR) is 170 cm³/mol. The number of carbonyl (C=O) groups is 2. The summed E-state index contributed by atoms with van der Waals surface area (Å²) in [5.74, 6) is -0.607. The predicted octanol–water partition coefficient (Wildman–Crippen LogP) is 6.37. The van der Waals surface area contributed by atoms with Crippen molar-refractivity contribution in [3.05, 3.63) is 87.9 Å². The lowest BCUT2D eigenvalue weighted by Gasteiger charge is -2.33. The normalized spacial score (nSPS) is 14.5. The Bertz CT molecular complexity index is 1550. The quantitative estimate of drug-likeness (QED) is 0.261. The lowest BCUT2D eigenvalue weighted by Crippen LogP contribution is -2.53. The van der Waals surface area contributed by atoms with E-state index in [1.807, 2.05) is 6.92 Å². The number of aryl methyl sites for hydroxylation is 1. The van der Waals surface area contributed by atoms with Crippen LogP contribution in [0.3, 0.4) is 0 Å². The summed E-state index contributed by atoms with van der Waals surface area (Å²) in [7, 11) is -2.79. The molecule has 1 aliphatic carbocycles. The maximum absolute atomic E-state index is 14.2. The van der Waals surface area contributed by atoms with Gasteiger partial charge in [-0.3, -0.25) is 13.9 Å². The molecule has 0 radical (unpaired) electrons. The molecule has 4 rings (SSSR count). The van der Waals surface area contributed by atoms with Crippen molar-refractivity contribution in [3.8, 4) is 5.75 Å². The van der Waals surface area contributed by atoms with Gasteiger partial charge >= 0.3 is 0 Å². The van der Waals surface area contributed by atoms with Crippen LogP contribution in [0.4, 0.5) is 5.69 Å². The summed E-state index contributed by atoms with van der Waals surface area (Å²) >= 11 is 12.6. The fraction of sp³-hybridized carbons (Fsp3) is 0.375. The van der Waals surface area contributed by atoms with Crippen molar-refractivity contribution in [3.63, 3.8) is 0 Å². The monoisotopic (exact) mass is 645 g/mol. The van der Waals surface area contributed by atoms with E-state index < -0.39 is 28.5 Å². The number of ether oxygens (including phenoxy) is 1. The molecule has 0 bridgehead atoms. The van der Waals surface area contributed by atoms with E-state index in [1.165, 1.54) is 24.1 Å². The van der Waals surface area contributed by atoms with Crippen LogP contribution >= 0.6 is 23.2 Å². The molecule has 0 aromatic heterocycles. The zero-order valence-electron chi connectivity index (χ0n) is 24.6. The van der Waals surface area contributed by atoms with E-state index in [2.05, 4.69) is 5.32 Å². The van der Waals surface area contributed by atoms with Crippen molar-refractivity contribution in [2.45, 2.75) is 69.5 Å². The zero-order valence-corrected chi connectivity index (χ0v) is 26.9. The molecule has 11 heteroatoms. The van der Waals surface area contributed by atoms with Crippen LogP contribution in [0, 0.1) is 6.92 Å². The first-order valence-corrected chi connectivity index (χ1v) is 16.5. The molecule has 0 heterocycles. The molecule has 1 fully saturated rings. The third-order valence-corrected chi connectivity index (χ3v) is 10.0. The van der Waals surface area contributed by atoms with Gasteiger partial charge in [-0.05, 0) is 74.2 Å². The Morgan fingerprint density at radius 3 is 2.35 bits per heavy atom. The molecule has 2 amide bonds. The van der Waals surface area contributed by atoms with Gasteiger partial charge in [-0.15, -0.1) is 0 Å². The number of benzene rings is 3. The molecule has 1 N–H and O–H groups in total. The highest BCUT2D eigenvalue weighted by atomic mass is 35.5. The number of hydrogen-bond acceptors (Lipinski definition) is 5. The van der Waals surface area contributed by atoms with E-state index in [4.69, 9.17) is 27.9 Å². The molecule has 43 heavy (non-hydrogen) atoms. The fourth-order valence-corrected chi connectivity index (χ4v) is 7.12. The Balaban J connectivity index is 1.74. The van der Waals surface area contributed by atoms with E-state index in [0.717, 1.165) is 42.0 Å². The molecule has 0 aliphatic heterocycles. The van der Waals surface area contributed by atoms with Gasteiger partial charge in [-0.1, -0.05) is 72.8 Å². The molecular weight excluding hydrogens is 609 g/mol. The van der Waals surface area contributed by atoms with Gasteiger partial charge in [0.2, 0.25) is 11.8 Å². The van der Waals surface area contributed by atoms with Crippen molar-refractivity contribution in [1.29, 1.82) is 0 Å². The average Bonchev–Trinajstić information content (AvgIpc) is 3.00. The third-order valence-electron chi connectivity index (χ3n) is 7.69. The topological polar surface area (TPSA) is 96.0 Å². The van der Waals surface area contributed by atoms with E-state index in [-0.39, 0.29) is 34.8 Å². The fourth-order valence-electron chi connectivity index (χ4n) is 5.21. The van der Waals surface area contributed by atoms with Crippen LogP contribution in [0.25, 0.3) is 0 Å². The molecule has 230 valence electrons. The molecule has 3 aromatic carbocycles. The Labute approximate surface area is 264 Å². The van der Waals surface area contributed by atoms with Crippen molar-refractivity contribution in [2.75, 3.05) is 18.0 Å². The SMILES string of the molecule is COc1ccc(C)cc1N(CC(=O)N(Cc1ccc(Cl)cc1Cl)C(C)C(=O)NC1CCCCC1)S(=O)(=O)c1ccccc1. The Morgan fingerprint density at radius 2 is 1.70 bits per heavy atom. The van der Waals surface area contributed by atoms with Gasteiger partial charge in [0.15, 0.2) is 0 Å².